The minimum atomic E-state index is -0.135. The molecule has 5 nitrogen and oxygen atoms in total. The van der Waals surface area contributed by atoms with E-state index in [4.69, 9.17) is 0 Å². The number of amides is 2. The van der Waals surface area contributed by atoms with Crippen LogP contribution in [0, 0.1) is 5.92 Å². The van der Waals surface area contributed by atoms with Crippen molar-refractivity contribution in [2.45, 2.75) is 32.1 Å². The number of hydrogen-bond donors (Lipinski definition) is 1. The largest absolute Gasteiger partial charge is 0.337 e. The van der Waals surface area contributed by atoms with E-state index < -0.39 is 0 Å². The molecule has 0 bridgehead atoms. The SMILES string of the molecule is CC(C)(CNC(=O)N1CCC(Cc2nccs2)C1)c1cccnc1. The fourth-order valence-electron chi connectivity index (χ4n) is 3.06. The molecule has 1 N–H and O–H groups in total. The first-order valence-electron chi connectivity index (χ1n) is 8.36. The summed E-state index contributed by atoms with van der Waals surface area (Å²) >= 11 is 1.69. The lowest BCUT2D eigenvalue weighted by molar-refractivity contribution is 0.204. The lowest BCUT2D eigenvalue weighted by Gasteiger charge is -2.27. The van der Waals surface area contributed by atoms with E-state index in [1.807, 2.05) is 28.7 Å². The van der Waals surface area contributed by atoms with Crippen molar-refractivity contribution in [3.8, 4) is 0 Å². The van der Waals surface area contributed by atoms with Gasteiger partial charge in [-0.05, 0) is 24.0 Å². The summed E-state index contributed by atoms with van der Waals surface area (Å²) in [7, 11) is 0. The van der Waals surface area contributed by atoms with E-state index in [1.165, 1.54) is 5.01 Å². The van der Waals surface area contributed by atoms with Crippen molar-refractivity contribution < 1.29 is 4.79 Å². The summed E-state index contributed by atoms with van der Waals surface area (Å²) in [5.41, 5.74) is 0.998. The molecule has 0 aromatic carbocycles. The molecular weight excluding hydrogens is 320 g/mol. The molecule has 1 atom stereocenters. The minimum Gasteiger partial charge on any atom is -0.337 e. The average Bonchev–Trinajstić information content (AvgIpc) is 3.26. The Balaban J connectivity index is 1.49. The number of pyridine rings is 1. The summed E-state index contributed by atoms with van der Waals surface area (Å²) in [6.07, 6.45) is 7.51. The number of carbonyl (C=O) groups excluding carboxylic acids is 1. The molecule has 0 radical (unpaired) electrons. The predicted octanol–water partition coefficient (Wildman–Crippen LogP) is 3.09. The van der Waals surface area contributed by atoms with Crippen molar-refractivity contribution in [1.82, 2.24) is 20.2 Å². The average molecular weight is 344 g/mol. The summed E-state index contributed by atoms with van der Waals surface area (Å²) in [5, 5.41) is 6.26. The van der Waals surface area contributed by atoms with Crippen LogP contribution in [0.5, 0.6) is 0 Å². The van der Waals surface area contributed by atoms with Crippen molar-refractivity contribution in [1.29, 1.82) is 0 Å². The van der Waals surface area contributed by atoms with Gasteiger partial charge in [-0.3, -0.25) is 4.98 Å². The van der Waals surface area contributed by atoms with Gasteiger partial charge < -0.3 is 10.2 Å². The van der Waals surface area contributed by atoms with Gasteiger partial charge in [-0.1, -0.05) is 19.9 Å². The second-order valence-electron chi connectivity index (χ2n) is 7.01. The third kappa shape index (κ3) is 4.12. The van der Waals surface area contributed by atoms with Crippen LogP contribution in [0.25, 0.3) is 0 Å². The van der Waals surface area contributed by atoms with Gasteiger partial charge in [0.05, 0.1) is 5.01 Å². The Morgan fingerprint density at radius 3 is 3.04 bits per heavy atom. The molecule has 24 heavy (non-hydrogen) atoms. The third-order valence-electron chi connectivity index (χ3n) is 4.64. The molecule has 3 heterocycles. The zero-order valence-corrected chi connectivity index (χ0v) is 15.1. The van der Waals surface area contributed by atoms with Gasteiger partial charge in [0, 0.05) is 55.4 Å². The number of aromatic nitrogens is 2. The molecule has 2 amide bonds. The van der Waals surface area contributed by atoms with Gasteiger partial charge in [0.2, 0.25) is 0 Å². The predicted molar refractivity (Wildman–Crippen MR) is 96.2 cm³/mol. The standard InChI is InChI=1S/C18H24N4OS/c1-18(2,15-4-3-6-19-11-15)13-21-17(23)22-8-5-14(12-22)10-16-20-7-9-24-16/h3-4,6-7,9,11,14H,5,8,10,12-13H2,1-2H3,(H,21,23). The highest BCUT2D eigenvalue weighted by molar-refractivity contribution is 7.09. The van der Waals surface area contributed by atoms with Gasteiger partial charge >= 0.3 is 6.03 Å². The third-order valence-corrected chi connectivity index (χ3v) is 5.45. The van der Waals surface area contributed by atoms with E-state index in [9.17, 15) is 4.79 Å². The number of nitrogens with one attached hydrogen (secondary N) is 1. The normalized spacial score (nSPS) is 17.9. The highest BCUT2D eigenvalue weighted by Crippen LogP contribution is 2.23. The first-order valence-corrected chi connectivity index (χ1v) is 9.24. The Morgan fingerprint density at radius 2 is 2.33 bits per heavy atom. The van der Waals surface area contributed by atoms with Crippen LogP contribution in [-0.4, -0.2) is 40.5 Å². The quantitative estimate of drug-likeness (QED) is 0.907. The molecule has 1 aliphatic rings. The molecule has 2 aromatic heterocycles. The van der Waals surface area contributed by atoms with E-state index in [0.717, 1.165) is 31.5 Å². The highest BCUT2D eigenvalue weighted by Gasteiger charge is 2.28. The van der Waals surface area contributed by atoms with Crippen LogP contribution in [0.2, 0.25) is 0 Å². The molecule has 1 saturated heterocycles. The molecule has 1 aliphatic heterocycles. The van der Waals surface area contributed by atoms with E-state index in [0.29, 0.717) is 12.5 Å². The van der Waals surface area contributed by atoms with Crippen molar-refractivity contribution >= 4 is 17.4 Å². The fraction of sp³-hybridized carbons (Fsp3) is 0.500. The summed E-state index contributed by atoms with van der Waals surface area (Å²) in [5.74, 6) is 0.522. The minimum absolute atomic E-state index is 0.0357. The molecule has 0 aliphatic carbocycles. The maximum absolute atomic E-state index is 12.5. The topological polar surface area (TPSA) is 58.1 Å². The lowest BCUT2D eigenvalue weighted by Crippen LogP contribution is -2.44. The Bertz CT molecular complexity index is 657. The van der Waals surface area contributed by atoms with Crippen LogP contribution in [-0.2, 0) is 11.8 Å². The Kier molecular flexibility index (Phi) is 5.14. The van der Waals surface area contributed by atoms with E-state index >= 15 is 0 Å². The van der Waals surface area contributed by atoms with Gasteiger partial charge in [0.1, 0.15) is 0 Å². The molecule has 128 valence electrons. The number of likely N-dealkylation sites (tertiary alicyclic amines) is 1. The lowest BCUT2D eigenvalue weighted by atomic mass is 9.86. The number of thiazole rings is 1. The van der Waals surface area contributed by atoms with Crippen LogP contribution in [0.3, 0.4) is 0 Å². The van der Waals surface area contributed by atoms with Crippen LogP contribution in [0.4, 0.5) is 4.79 Å². The number of urea groups is 1. The number of rotatable bonds is 5. The summed E-state index contributed by atoms with van der Waals surface area (Å²) in [6.45, 7) is 6.50. The molecule has 2 aromatic rings. The van der Waals surface area contributed by atoms with Crippen LogP contribution < -0.4 is 5.32 Å². The highest BCUT2D eigenvalue weighted by atomic mass is 32.1. The van der Waals surface area contributed by atoms with Gasteiger partial charge in [0.25, 0.3) is 0 Å². The Labute approximate surface area is 147 Å². The van der Waals surface area contributed by atoms with Gasteiger partial charge in [-0.25, -0.2) is 9.78 Å². The molecule has 0 spiro atoms. The van der Waals surface area contributed by atoms with Crippen LogP contribution in [0.15, 0.2) is 36.1 Å². The number of carbonyl (C=O) groups is 1. The molecule has 1 unspecified atom stereocenters. The molecule has 3 rings (SSSR count). The maximum Gasteiger partial charge on any atom is 0.317 e. The van der Waals surface area contributed by atoms with E-state index in [1.54, 1.807) is 17.5 Å². The molecular formula is C18H24N4OS. The van der Waals surface area contributed by atoms with Gasteiger partial charge in [-0.15, -0.1) is 11.3 Å². The number of nitrogens with zero attached hydrogens (tertiary/aromatic N) is 3. The van der Waals surface area contributed by atoms with E-state index in [-0.39, 0.29) is 11.4 Å². The van der Waals surface area contributed by atoms with Crippen molar-refractivity contribution in [2.24, 2.45) is 5.92 Å². The second-order valence-corrected chi connectivity index (χ2v) is 7.99. The Hall–Kier alpha value is -1.95. The van der Waals surface area contributed by atoms with Gasteiger partial charge in [-0.2, -0.15) is 0 Å². The monoisotopic (exact) mass is 344 g/mol. The molecule has 6 heteroatoms. The molecule has 1 fully saturated rings. The number of hydrogen-bond acceptors (Lipinski definition) is 4. The first kappa shape index (κ1) is 16.9. The van der Waals surface area contributed by atoms with Gasteiger partial charge in [0.15, 0.2) is 0 Å². The molecule has 0 saturated carbocycles. The first-order chi connectivity index (χ1) is 11.5. The summed E-state index contributed by atoms with van der Waals surface area (Å²) in [6, 6.07) is 4.02. The van der Waals surface area contributed by atoms with Crippen LogP contribution in [0.1, 0.15) is 30.8 Å². The van der Waals surface area contributed by atoms with Crippen LogP contribution >= 0.6 is 11.3 Å². The second kappa shape index (κ2) is 7.30. The summed E-state index contributed by atoms with van der Waals surface area (Å²) in [4.78, 5) is 22.9. The smallest absolute Gasteiger partial charge is 0.317 e. The Morgan fingerprint density at radius 1 is 1.46 bits per heavy atom. The van der Waals surface area contributed by atoms with E-state index in [2.05, 4.69) is 35.2 Å². The van der Waals surface area contributed by atoms with Crippen molar-refractivity contribution in [2.75, 3.05) is 19.6 Å². The van der Waals surface area contributed by atoms with Crippen molar-refractivity contribution in [3.05, 3.63) is 46.7 Å². The zero-order chi connectivity index (χ0) is 17.0. The fourth-order valence-corrected chi connectivity index (χ4v) is 3.79. The van der Waals surface area contributed by atoms with Crippen molar-refractivity contribution in [3.63, 3.8) is 0 Å². The summed E-state index contributed by atoms with van der Waals surface area (Å²) < 4.78 is 0. The maximum atomic E-state index is 12.5. The zero-order valence-electron chi connectivity index (χ0n) is 14.2.